The van der Waals surface area contributed by atoms with Gasteiger partial charge >= 0.3 is 5.97 Å². The molecule has 4 rings (SSSR count). The zero-order chi connectivity index (χ0) is 19.5. The first-order valence-electron chi connectivity index (χ1n) is 8.48. The number of nitrogens with zero attached hydrogens (tertiary/aromatic N) is 1. The fourth-order valence-electron chi connectivity index (χ4n) is 2.73. The summed E-state index contributed by atoms with van der Waals surface area (Å²) in [7, 11) is 1.59. The minimum absolute atomic E-state index is 0.205. The summed E-state index contributed by atoms with van der Waals surface area (Å²) in [5, 5.41) is 0. The first-order valence-corrected chi connectivity index (χ1v) is 8.48. The van der Waals surface area contributed by atoms with Crippen molar-refractivity contribution in [2.75, 3.05) is 7.11 Å². The summed E-state index contributed by atoms with van der Waals surface area (Å²) in [4.78, 5) is 28.6. The van der Waals surface area contributed by atoms with Crippen molar-refractivity contribution in [2.45, 2.75) is 0 Å². The fraction of sp³-hybridized carbons (Fsp3) is 0.0455. The summed E-state index contributed by atoms with van der Waals surface area (Å²) < 4.78 is 16.1. The number of ether oxygens (including phenoxy) is 3. The number of aromatic nitrogens is 1. The molecule has 0 atom stereocenters. The van der Waals surface area contributed by atoms with E-state index in [4.69, 9.17) is 14.2 Å². The number of hydrogen-bond donors (Lipinski definition) is 0. The quantitative estimate of drug-likeness (QED) is 0.392. The van der Waals surface area contributed by atoms with Gasteiger partial charge in [-0.25, -0.2) is 4.79 Å². The molecule has 0 saturated carbocycles. The van der Waals surface area contributed by atoms with Crippen LogP contribution in [0.2, 0.25) is 0 Å². The highest BCUT2D eigenvalue weighted by Gasteiger charge is 2.28. The van der Waals surface area contributed by atoms with E-state index < -0.39 is 5.97 Å². The SMILES string of the molecule is COc1ccc(C=C2Oc3cc(OC(=O)c4cccnc4)ccc3C2=O)cc1. The largest absolute Gasteiger partial charge is 0.497 e. The second-order valence-corrected chi connectivity index (χ2v) is 6.00. The van der Waals surface area contributed by atoms with Crippen molar-refractivity contribution in [3.05, 3.63) is 89.4 Å². The average Bonchev–Trinajstić information content (AvgIpc) is 3.04. The average molecular weight is 373 g/mol. The lowest BCUT2D eigenvalue weighted by Crippen LogP contribution is -2.08. The van der Waals surface area contributed by atoms with Gasteiger partial charge < -0.3 is 14.2 Å². The number of carbonyl (C=O) groups is 2. The van der Waals surface area contributed by atoms with Gasteiger partial charge in [0.1, 0.15) is 17.2 Å². The van der Waals surface area contributed by atoms with Crippen LogP contribution in [-0.2, 0) is 0 Å². The predicted octanol–water partition coefficient (Wildman–Crippen LogP) is 3.93. The summed E-state index contributed by atoms with van der Waals surface area (Å²) in [6, 6.07) is 15.2. The van der Waals surface area contributed by atoms with Gasteiger partial charge in [0.15, 0.2) is 5.76 Å². The number of rotatable bonds is 4. The first kappa shape index (κ1) is 17.5. The number of carbonyl (C=O) groups excluding carboxylic acids is 2. The van der Waals surface area contributed by atoms with E-state index in [1.165, 1.54) is 12.3 Å². The molecule has 0 N–H and O–H groups in total. The number of esters is 1. The molecule has 6 nitrogen and oxygen atoms in total. The van der Waals surface area contributed by atoms with Crippen molar-refractivity contribution in [1.82, 2.24) is 4.98 Å². The van der Waals surface area contributed by atoms with Crippen LogP contribution in [0.5, 0.6) is 17.2 Å². The van der Waals surface area contributed by atoms with Crippen LogP contribution in [0.25, 0.3) is 6.08 Å². The molecular weight excluding hydrogens is 358 g/mol. The smallest absolute Gasteiger partial charge is 0.345 e. The second-order valence-electron chi connectivity index (χ2n) is 6.00. The number of methoxy groups -OCH3 is 1. The molecule has 138 valence electrons. The molecule has 0 amide bonds. The summed E-state index contributed by atoms with van der Waals surface area (Å²) in [5.74, 6) is 0.801. The Bertz CT molecular complexity index is 1070. The highest BCUT2D eigenvalue weighted by Crippen LogP contribution is 2.35. The molecule has 1 aromatic heterocycles. The lowest BCUT2D eigenvalue weighted by Gasteiger charge is -2.05. The Kier molecular flexibility index (Phi) is 4.60. The van der Waals surface area contributed by atoms with E-state index in [0.29, 0.717) is 16.9 Å². The first-order chi connectivity index (χ1) is 13.6. The third-order valence-electron chi connectivity index (χ3n) is 4.16. The molecule has 0 radical (unpaired) electrons. The maximum atomic E-state index is 12.5. The lowest BCUT2D eigenvalue weighted by molar-refractivity contribution is 0.0734. The zero-order valence-electron chi connectivity index (χ0n) is 14.9. The Hall–Kier alpha value is -3.93. The number of Topliss-reactive ketones (excluding diaryl/α,β-unsaturated/α-hetero) is 1. The molecule has 2 aromatic carbocycles. The minimum atomic E-state index is -0.536. The van der Waals surface area contributed by atoms with Crippen molar-refractivity contribution in [3.8, 4) is 17.2 Å². The molecule has 6 heteroatoms. The highest BCUT2D eigenvalue weighted by atomic mass is 16.5. The van der Waals surface area contributed by atoms with Crippen molar-refractivity contribution < 1.29 is 23.8 Å². The van der Waals surface area contributed by atoms with Crippen LogP contribution in [0.1, 0.15) is 26.3 Å². The van der Waals surface area contributed by atoms with E-state index in [1.807, 2.05) is 12.1 Å². The number of ketones is 1. The van der Waals surface area contributed by atoms with Gasteiger partial charge in [-0.2, -0.15) is 0 Å². The lowest BCUT2D eigenvalue weighted by atomic mass is 10.1. The van der Waals surface area contributed by atoms with E-state index in [1.54, 1.807) is 55.8 Å². The Morgan fingerprint density at radius 2 is 1.86 bits per heavy atom. The van der Waals surface area contributed by atoms with E-state index >= 15 is 0 Å². The third kappa shape index (κ3) is 3.48. The number of hydrogen-bond acceptors (Lipinski definition) is 6. The van der Waals surface area contributed by atoms with Crippen LogP contribution >= 0.6 is 0 Å². The van der Waals surface area contributed by atoms with Gasteiger partial charge in [-0.3, -0.25) is 9.78 Å². The molecular formula is C22H15NO5. The summed E-state index contributed by atoms with van der Waals surface area (Å²) >= 11 is 0. The minimum Gasteiger partial charge on any atom is -0.497 e. The van der Waals surface area contributed by atoms with Crippen molar-refractivity contribution in [3.63, 3.8) is 0 Å². The molecule has 0 spiro atoms. The van der Waals surface area contributed by atoms with Gasteiger partial charge in [-0.15, -0.1) is 0 Å². The molecule has 3 aromatic rings. The standard InChI is InChI=1S/C22H15NO5/c1-26-16-6-4-14(5-7-16)11-20-21(24)18-9-8-17(12-19(18)28-20)27-22(25)15-3-2-10-23-13-15/h2-13H,1H3. The Morgan fingerprint density at radius 1 is 1.07 bits per heavy atom. The predicted molar refractivity (Wildman–Crippen MR) is 102 cm³/mol. The molecule has 28 heavy (non-hydrogen) atoms. The van der Waals surface area contributed by atoms with Crippen molar-refractivity contribution >= 4 is 17.8 Å². The van der Waals surface area contributed by atoms with Crippen LogP contribution in [-0.4, -0.2) is 23.8 Å². The van der Waals surface area contributed by atoms with E-state index in [2.05, 4.69) is 4.98 Å². The fourth-order valence-corrected chi connectivity index (χ4v) is 2.73. The van der Waals surface area contributed by atoms with Crippen molar-refractivity contribution in [2.24, 2.45) is 0 Å². The normalized spacial score (nSPS) is 13.8. The Labute approximate surface area is 161 Å². The van der Waals surface area contributed by atoms with Gasteiger partial charge in [0, 0.05) is 18.5 Å². The summed E-state index contributed by atoms with van der Waals surface area (Å²) in [6.07, 6.45) is 4.65. The van der Waals surface area contributed by atoms with Crippen LogP contribution in [0, 0.1) is 0 Å². The number of allylic oxidation sites excluding steroid dienone is 1. The maximum Gasteiger partial charge on any atom is 0.345 e. The molecule has 1 aliphatic rings. The van der Waals surface area contributed by atoms with Crippen LogP contribution in [0.3, 0.4) is 0 Å². The number of fused-ring (bicyclic) bond motifs is 1. The highest BCUT2D eigenvalue weighted by molar-refractivity contribution is 6.14. The molecule has 0 unspecified atom stereocenters. The van der Waals surface area contributed by atoms with Gasteiger partial charge in [0.2, 0.25) is 5.78 Å². The molecule has 0 aliphatic carbocycles. The molecule has 0 saturated heterocycles. The van der Waals surface area contributed by atoms with Crippen LogP contribution < -0.4 is 14.2 Å². The Morgan fingerprint density at radius 3 is 2.57 bits per heavy atom. The van der Waals surface area contributed by atoms with E-state index in [0.717, 1.165) is 11.3 Å². The van der Waals surface area contributed by atoms with Crippen molar-refractivity contribution in [1.29, 1.82) is 0 Å². The number of pyridine rings is 1. The third-order valence-corrected chi connectivity index (χ3v) is 4.16. The zero-order valence-corrected chi connectivity index (χ0v) is 14.9. The van der Waals surface area contributed by atoms with Crippen LogP contribution in [0.4, 0.5) is 0 Å². The van der Waals surface area contributed by atoms with Gasteiger partial charge in [0.05, 0.1) is 18.2 Å². The van der Waals surface area contributed by atoms with Gasteiger partial charge in [-0.1, -0.05) is 12.1 Å². The molecule has 1 aliphatic heterocycles. The molecule has 2 heterocycles. The Balaban J connectivity index is 1.54. The monoisotopic (exact) mass is 373 g/mol. The second kappa shape index (κ2) is 7.36. The summed E-state index contributed by atoms with van der Waals surface area (Å²) in [6.45, 7) is 0. The van der Waals surface area contributed by atoms with Gasteiger partial charge in [-0.05, 0) is 48.0 Å². The summed E-state index contributed by atoms with van der Waals surface area (Å²) in [5.41, 5.74) is 1.56. The van der Waals surface area contributed by atoms with E-state index in [9.17, 15) is 9.59 Å². The van der Waals surface area contributed by atoms with E-state index in [-0.39, 0.29) is 17.3 Å². The maximum absolute atomic E-state index is 12.5. The van der Waals surface area contributed by atoms with Crippen LogP contribution in [0.15, 0.2) is 72.8 Å². The molecule has 0 bridgehead atoms. The number of benzene rings is 2. The molecule has 0 fully saturated rings. The van der Waals surface area contributed by atoms with Gasteiger partial charge in [0.25, 0.3) is 0 Å². The topological polar surface area (TPSA) is 74.7 Å².